The number of carbonyl (C=O) groups is 3. The summed E-state index contributed by atoms with van der Waals surface area (Å²) >= 11 is 5.91. The summed E-state index contributed by atoms with van der Waals surface area (Å²) in [4.78, 5) is 38.2. The molecule has 0 aromatic heterocycles. The Kier molecular flexibility index (Phi) is 17.3. The van der Waals surface area contributed by atoms with Gasteiger partial charge in [0.25, 0.3) is 11.8 Å². The van der Waals surface area contributed by atoms with Crippen LogP contribution in [0.1, 0.15) is 35.3 Å². The summed E-state index contributed by atoms with van der Waals surface area (Å²) in [5, 5.41) is 3.45. The van der Waals surface area contributed by atoms with Gasteiger partial charge in [-0.05, 0) is 73.7 Å². The minimum absolute atomic E-state index is 0.0248. The van der Waals surface area contributed by atoms with E-state index in [-0.39, 0.29) is 31.6 Å². The third kappa shape index (κ3) is 12.2. The molecule has 3 aromatic rings. The topological polar surface area (TPSA) is 113 Å². The first-order valence-electron chi connectivity index (χ1n) is 15.3. The van der Waals surface area contributed by atoms with Gasteiger partial charge in [0, 0.05) is 18.7 Å². The van der Waals surface area contributed by atoms with Gasteiger partial charge >= 0.3 is 5.97 Å². The lowest BCUT2D eigenvalue weighted by atomic mass is 10.1. The zero-order valence-corrected chi connectivity index (χ0v) is 29.5. The number of para-hydroxylation sites is 1. The standard InChI is InChI=1S/C23H22ClNO4.C15H21NO4/c1-4-14-28-20-11-6-17(16-21(20)27-3)12-13-25-23(26)22(29-15-5-2)18-7-9-19(24)10-8-18;1-10-7-6-8-11(2)14(10)16(13(17)9-19-4)12(3)15(18)20-5/h1-2,6-11,16,22H,12-15H2,3H3,(H,25,26);6-8,12H,9H2,1-5H3/t;12-/m.1/s1. The van der Waals surface area contributed by atoms with E-state index in [1.54, 1.807) is 44.4 Å². The van der Waals surface area contributed by atoms with E-state index < -0.39 is 18.1 Å². The van der Waals surface area contributed by atoms with Crippen molar-refractivity contribution in [2.24, 2.45) is 0 Å². The van der Waals surface area contributed by atoms with Crippen molar-refractivity contribution in [2.45, 2.75) is 39.3 Å². The number of rotatable bonds is 15. The fourth-order valence-corrected chi connectivity index (χ4v) is 4.94. The molecule has 0 fully saturated rings. The molecule has 11 heteroatoms. The lowest BCUT2D eigenvalue weighted by Crippen LogP contribution is -2.46. The van der Waals surface area contributed by atoms with Crippen LogP contribution in [0, 0.1) is 38.5 Å². The molecule has 2 amide bonds. The van der Waals surface area contributed by atoms with Crippen molar-refractivity contribution >= 4 is 35.1 Å². The van der Waals surface area contributed by atoms with Gasteiger partial charge < -0.3 is 29.0 Å². The molecule has 0 aliphatic rings. The van der Waals surface area contributed by atoms with E-state index in [0.717, 1.165) is 22.4 Å². The number of terminal acetylenes is 2. The van der Waals surface area contributed by atoms with Crippen LogP contribution in [0.15, 0.2) is 60.7 Å². The van der Waals surface area contributed by atoms with Crippen LogP contribution < -0.4 is 19.7 Å². The Morgan fingerprint density at radius 2 is 1.57 bits per heavy atom. The summed E-state index contributed by atoms with van der Waals surface area (Å²) in [5.41, 5.74) is 4.23. The molecule has 10 nitrogen and oxygen atoms in total. The third-order valence-electron chi connectivity index (χ3n) is 7.14. The molecular formula is C38H43ClN2O8. The van der Waals surface area contributed by atoms with Crippen LogP contribution in [0.4, 0.5) is 5.69 Å². The summed E-state index contributed by atoms with van der Waals surface area (Å²) in [5.74, 6) is 4.94. The smallest absolute Gasteiger partial charge is 0.328 e. The van der Waals surface area contributed by atoms with Crippen molar-refractivity contribution < 1.29 is 38.1 Å². The number of aryl methyl sites for hydroxylation is 2. The highest BCUT2D eigenvalue weighted by molar-refractivity contribution is 6.30. The molecule has 1 unspecified atom stereocenters. The Morgan fingerprint density at radius 1 is 0.918 bits per heavy atom. The zero-order chi connectivity index (χ0) is 36.3. The lowest BCUT2D eigenvalue weighted by Gasteiger charge is -2.30. The lowest BCUT2D eigenvalue weighted by molar-refractivity contribution is -0.143. The van der Waals surface area contributed by atoms with Crippen molar-refractivity contribution in [3.63, 3.8) is 0 Å². The second-order valence-electron chi connectivity index (χ2n) is 10.6. The maximum atomic E-state index is 12.6. The molecule has 0 spiro atoms. The molecule has 0 aliphatic carbocycles. The number of hydrogen-bond acceptors (Lipinski definition) is 8. The molecular weight excluding hydrogens is 648 g/mol. The van der Waals surface area contributed by atoms with Crippen molar-refractivity contribution in [1.82, 2.24) is 5.32 Å². The number of nitrogens with one attached hydrogen (secondary N) is 1. The second-order valence-corrected chi connectivity index (χ2v) is 11.0. The van der Waals surface area contributed by atoms with Gasteiger partial charge in [-0.3, -0.25) is 14.5 Å². The van der Waals surface area contributed by atoms with Crippen LogP contribution in [0.3, 0.4) is 0 Å². The van der Waals surface area contributed by atoms with E-state index in [1.807, 2.05) is 44.2 Å². The average molecular weight is 691 g/mol. The normalized spacial score (nSPS) is 11.4. The minimum atomic E-state index is -0.808. The van der Waals surface area contributed by atoms with Crippen LogP contribution in [0.25, 0.3) is 0 Å². The molecule has 1 N–H and O–H groups in total. The Bertz CT molecular complexity index is 1610. The van der Waals surface area contributed by atoms with E-state index in [4.69, 9.17) is 48.1 Å². The van der Waals surface area contributed by atoms with Crippen molar-refractivity contribution in [1.29, 1.82) is 0 Å². The average Bonchev–Trinajstić information content (AvgIpc) is 3.09. The van der Waals surface area contributed by atoms with Gasteiger partial charge in [-0.15, -0.1) is 12.8 Å². The number of esters is 1. The van der Waals surface area contributed by atoms with Crippen molar-refractivity contribution in [3.8, 4) is 36.2 Å². The largest absolute Gasteiger partial charge is 0.493 e. The van der Waals surface area contributed by atoms with Gasteiger partial charge in [-0.1, -0.05) is 59.8 Å². The molecule has 0 saturated carbocycles. The predicted molar refractivity (Wildman–Crippen MR) is 190 cm³/mol. The number of halogens is 1. The number of nitrogens with zero attached hydrogens (tertiary/aromatic N) is 1. The SMILES string of the molecule is C#CCOc1ccc(CCNC(=O)C(OCC#C)c2ccc(Cl)cc2)cc1OC.COCC(=O)N(c1c(C)cccc1C)[C@H](C)C(=O)OC. The molecule has 3 rings (SSSR count). The fourth-order valence-electron chi connectivity index (χ4n) is 4.81. The highest BCUT2D eigenvalue weighted by atomic mass is 35.5. The van der Waals surface area contributed by atoms with Gasteiger partial charge in [-0.25, -0.2) is 4.79 Å². The van der Waals surface area contributed by atoms with Crippen LogP contribution >= 0.6 is 11.6 Å². The molecule has 0 bridgehead atoms. The minimum Gasteiger partial charge on any atom is -0.493 e. The van der Waals surface area contributed by atoms with E-state index in [0.29, 0.717) is 35.1 Å². The summed E-state index contributed by atoms with van der Waals surface area (Å²) < 4.78 is 25.9. The number of amides is 2. The van der Waals surface area contributed by atoms with Crippen LogP contribution in [0.2, 0.25) is 5.02 Å². The van der Waals surface area contributed by atoms with Gasteiger partial charge in [0.15, 0.2) is 17.6 Å². The first-order valence-corrected chi connectivity index (χ1v) is 15.7. The van der Waals surface area contributed by atoms with E-state index in [1.165, 1.54) is 19.1 Å². The molecule has 260 valence electrons. The molecule has 0 saturated heterocycles. The molecule has 3 aromatic carbocycles. The number of benzene rings is 3. The van der Waals surface area contributed by atoms with E-state index in [2.05, 4.69) is 17.2 Å². The number of methoxy groups -OCH3 is 3. The molecule has 0 aliphatic heterocycles. The van der Waals surface area contributed by atoms with Crippen molar-refractivity contribution in [3.05, 3.63) is 87.9 Å². The monoisotopic (exact) mass is 690 g/mol. The highest BCUT2D eigenvalue weighted by Gasteiger charge is 2.30. The Labute approximate surface area is 294 Å². The van der Waals surface area contributed by atoms with Crippen molar-refractivity contribution in [2.75, 3.05) is 52.6 Å². The molecule has 2 atom stereocenters. The van der Waals surface area contributed by atoms with Crippen LogP contribution in [-0.4, -0.2) is 71.5 Å². The summed E-state index contributed by atoms with van der Waals surface area (Å²) in [7, 11) is 4.31. The van der Waals surface area contributed by atoms with E-state index >= 15 is 0 Å². The third-order valence-corrected chi connectivity index (χ3v) is 7.39. The Balaban J connectivity index is 0.000000365. The maximum absolute atomic E-state index is 12.6. The van der Waals surface area contributed by atoms with Gasteiger partial charge in [-0.2, -0.15) is 0 Å². The number of anilines is 1. The van der Waals surface area contributed by atoms with Gasteiger partial charge in [0.1, 0.15) is 25.9 Å². The predicted octanol–water partition coefficient (Wildman–Crippen LogP) is 5.25. The van der Waals surface area contributed by atoms with E-state index in [9.17, 15) is 14.4 Å². The highest BCUT2D eigenvalue weighted by Crippen LogP contribution is 2.29. The van der Waals surface area contributed by atoms with Crippen LogP contribution in [-0.2, 0) is 35.0 Å². The number of hydrogen-bond donors (Lipinski definition) is 1. The second kappa shape index (κ2) is 21.1. The Morgan fingerprint density at radius 3 is 2.14 bits per heavy atom. The first-order chi connectivity index (χ1) is 23.5. The molecule has 0 heterocycles. The fraction of sp³-hybridized carbons (Fsp3) is 0.342. The summed E-state index contributed by atoms with van der Waals surface area (Å²) in [6.45, 7) is 5.96. The number of ether oxygens (including phenoxy) is 5. The quantitative estimate of drug-likeness (QED) is 0.170. The van der Waals surface area contributed by atoms with Crippen LogP contribution in [0.5, 0.6) is 11.5 Å². The zero-order valence-electron chi connectivity index (χ0n) is 28.7. The summed E-state index contributed by atoms with van der Waals surface area (Å²) in [6, 6.07) is 17.4. The maximum Gasteiger partial charge on any atom is 0.328 e. The Hall–Kier alpha value is -5.00. The van der Waals surface area contributed by atoms with Gasteiger partial charge in [0.05, 0.1) is 19.9 Å². The molecule has 49 heavy (non-hydrogen) atoms. The first kappa shape index (κ1) is 40.2. The molecule has 0 radical (unpaired) electrons. The van der Waals surface area contributed by atoms with Gasteiger partial charge in [0.2, 0.25) is 0 Å². The summed E-state index contributed by atoms with van der Waals surface area (Å²) in [6.07, 6.45) is 10.3. The number of carbonyl (C=O) groups excluding carboxylic acids is 3.